The van der Waals surface area contributed by atoms with Crippen molar-refractivity contribution >= 4 is 35.1 Å². The Balaban J connectivity index is 1.48. The van der Waals surface area contributed by atoms with Crippen LogP contribution in [0.25, 0.3) is 5.69 Å². The highest BCUT2D eigenvalue weighted by molar-refractivity contribution is 7.99. The number of hydrogen-bond donors (Lipinski definition) is 1. The fourth-order valence-corrected chi connectivity index (χ4v) is 4.69. The molecule has 1 aliphatic heterocycles. The molecule has 35 heavy (non-hydrogen) atoms. The molecule has 1 N–H and O–H groups in total. The van der Waals surface area contributed by atoms with Gasteiger partial charge in [0.1, 0.15) is 0 Å². The number of amides is 1. The van der Waals surface area contributed by atoms with Crippen molar-refractivity contribution in [1.82, 2.24) is 14.8 Å². The average Bonchev–Trinajstić information content (AvgIpc) is 3.27. The van der Waals surface area contributed by atoms with E-state index in [1.165, 1.54) is 11.8 Å². The molecule has 1 fully saturated rings. The Kier molecular flexibility index (Phi) is 8.20. The molecule has 8 nitrogen and oxygen atoms in total. The molecule has 1 aliphatic rings. The highest BCUT2D eigenvalue weighted by Crippen LogP contribution is 2.28. The number of hydrogen-bond acceptors (Lipinski definition) is 7. The van der Waals surface area contributed by atoms with Gasteiger partial charge in [0, 0.05) is 30.8 Å². The van der Waals surface area contributed by atoms with Gasteiger partial charge in [-0.25, -0.2) is 0 Å². The van der Waals surface area contributed by atoms with E-state index in [-0.39, 0.29) is 17.4 Å². The summed E-state index contributed by atoms with van der Waals surface area (Å²) in [6, 6.07) is 15.2. The van der Waals surface area contributed by atoms with Crippen LogP contribution in [0.1, 0.15) is 36.2 Å². The Labute approximate surface area is 210 Å². The molecule has 0 spiro atoms. The van der Waals surface area contributed by atoms with Gasteiger partial charge >= 0.3 is 0 Å². The van der Waals surface area contributed by atoms with Gasteiger partial charge in [-0.3, -0.25) is 14.2 Å². The van der Waals surface area contributed by atoms with Crippen molar-refractivity contribution < 1.29 is 14.3 Å². The SMILES string of the molecule is Cc1cccc(-n2c(SCC(=O)c3ccc(NC(=O)CC(C)C)cc3)nnc2N2CCOCC2)c1. The first-order valence-corrected chi connectivity index (χ1v) is 12.8. The molecule has 0 bridgehead atoms. The van der Waals surface area contributed by atoms with Crippen LogP contribution in [0.15, 0.2) is 53.7 Å². The van der Waals surface area contributed by atoms with Gasteiger partial charge in [0.05, 0.1) is 24.7 Å². The summed E-state index contributed by atoms with van der Waals surface area (Å²) in [5.74, 6) is 1.24. The number of anilines is 2. The molecule has 3 aromatic rings. The van der Waals surface area contributed by atoms with Gasteiger partial charge in [0.25, 0.3) is 0 Å². The number of aryl methyl sites for hydroxylation is 1. The zero-order valence-corrected chi connectivity index (χ0v) is 21.2. The van der Waals surface area contributed by atoms with Crippen molar-refractivity contribution in [3.8, 4) is 5.69 Å². The lowest BCUT2D eigenvalue weighted by Gasteiger charge is -2.28. The summed E-state index contributed by atoms with van der Waals surface area (Å²) >= 11 is 1.37. The smallest absolute Gasteiger partial charge is 0.232 e. The van der Waals surface area contributed by atoms with Gasteiger partial charge in [-0.05, 0) is 54.8 Å². The number of morpholine rings is 1. The first-order valence-electron chi connectivity index (χ1n) is 11.8. The highest BCUT2D eigenvalue weighted by Gasteiger charge is 2.22. The molecule has 0 aliphatic carbocycles. The second-order valence-electron chi connectivity index (χ2n) is 8.99. The Hall–Kier alpha value is -3.17. The number of carbonyl (C=O) groups excluding carboxylic acids is 2. The van der Waals surface area contributed by atoms with Crippen molar-refractivity contribution in [3.63, 3.8) is 0 Å². The number of Topliss-reactive ketones (excluding diaryl/α,β-unsaturated/α-hetero) is 1. The highest BCUT2D eigenvalue weighted by atomic mass is 32.2. The number of aromatic nitrogens is 3. The number of thioether (sulfide) groups is 1. The fraction of sp³-hybridized carbons (Fsp3) is 0.385. The van der Waals surface area contributed by atoms with Crippen molar-refractivity contribution in [2.75, 3.05) is 42.3 Å². The molecule has 0 atom stereocenters. The van der Waals surface area contributed by atoms with Crippen LogP contribution in [0.5, 0.6) is 0 Å². The minimum Gasteiger partial charge on any atom is -0.378 e. The van der Waals surface area contributed by atoms with E-state index in [9.17, 15) is 9.59 Å². The van der Waals surface area contributed by atoms with Crippen LogP contribution in [-0.2, 0) is 9.53 Å². The number of ether oxygens (including phenoxy) is 1. The fourth-order valence-electron chi connectivity index (χ4n) is 3.85. The van der Waals surface area contributed by atoms with E-state index in [1.807, 2.05) is 43.5 Å². The van der Waals surface area contributed by atoms with Crippen molar-refractivity contribution in [2.24, 2.45) is 5.92 Å². The second kappa shape index (κ2) is 11.5. The van der Waals surface area contributed by atoms with E-state index in [2.05, 4.69) is 26.5 Å². The van der Waals surface area contributed by atoms with E-state index >= 15 is 0 Å². The third-order valence-electron chi connectivity index (χ3n) is 5.59. The maximum Gasteiger partial charge on any atom is 0.232 e. The van der Waals surface area contributed by atoms with Crippen LogP contribution >= 0.6 is 11.8 Å². The third kappa shape index (κ3) is 6.49. The summed E-state index contributed by atoms with van der Waals surface area (Å²) in [4.78, 5) is 27.1. The van der Waals surface area contributed by atoms with Crippen LogP contribution < -0.4 is 10.2 Å². The molecule has 2 heterocycles. The summed E-state index contributed by atoms with van der Waals surface area (Å²) in [5.41, 5.74) is 3.38. The molecule has 0 unspecified atom stereocenters. The number of ketones is 1. The van der Waals surface area contributed by atoms with Crippen LogP contribution in [0.2, 0.25) is 0 Å². The van der Waals surface area contributed by atoms with E-state index in [0.29, 0.717) is 42.0 Å². The maximum atomic E-state index is 12.9. The topological polar surface area (TPSA) is 89.3 Å². The molecule has 4 rings (SSSR count). The number of carbonyl (C=O) groups is 2. The Morgan fingerprint density at radius 1 is 1.09 bits per heavy atom. The minimum absolute atomic E-state index is 0.0122. The zero-order chi connectivity index (χ0) is 24.8. The van der Waals surface area contributed by atoms with Gasteiger partial charge in [-0.2, -0.15) is 0 Å². The molecule has 9 heteroatoms. The normalized spacial score (nSPS) is 13.8. The summed E-state index contributed by atoms with van der Waals surface area (Å²) in [6.45, 7) is 8.84. The van der Waals surface area contributed by atoms with E-state index in [1.54, 1.807) is 24.3 Å². The Morgan fingerprint density at radius 3 is 2.51 bits per heavy atom. The van der Waals surface area contributed by atoms with Gasteiger partial charge in [0.2, 0.25) is 11.9 Å². The lowest BCUT2D eigenvalue weighted by Crippen LogP contribution is -2.37. The molecular weight excluding hydrogens is 462 g/mol. The van der Waals surface area contributed by atoms with Crippen LogP contribution in [0, 0.1) is 12.8 Å². The number of benzene rings is 2. The molecule has 0 saturated carbocycles. The molecule has 0 radical (unpaired) electrons. The first kappa shape index (κ1) is 24.9. The average molecular weight is 494 g/mol. The van der Waals surface area contributed by atoms with Crippen molar-refractivity contribution in [2.45, 2.75) is 32.3 Å². The maximum absolute atomic E-state index is 12.9. The third-order valence-corrected chi connectivity index (χ3v) is 6.52. The first-order chi connectivity index (χ1) is 16.9. The number of nitrogens with zero attached hydrogens (tertiary/aromatic N) is 4. The summed E-state index contributed by atoms with van der Waals surface area (Å²) in [6.07, 6.45) is 0.464. The predicted molar refractivity (Wildman–Crippen MR) is 139 cm³/mol. The summed E-state index contributed by atoms with van der Waals surface area (Å²) < 4.78 is 7.51. The van der Waals surface area contributed by atoms with Crippen molar-refractivity contribution in [3.05, 3.63) is 59.7 Å². The molecule has 184 valence electrons. The lowest BCUT2D eigenvalue weighted by molar-refractivity contribution is -0.116. The number of rotatable bonds is 9. The van der Waals surface area contributed by atoms with Crippen LogP contribution in [0.4, 0.5) is 11.6 Å². The quantitative estimate of drug-likeness (QED) is 0.350. The van der Waals surface area contributed by atoms with E-state index in [0.717, 1.165) is 30.3 Å². The van der Waals surface area contributed by atoms with Gasteiger partial charge < -0.3 is 15.0 Å². The van der Waals surface area contributed by atoms with Crippen LogP contribution in [0.3, 0.4) is 0 Å². The summed E-state index contributed by atoms with van der Waals surface area (Å²) in [7, 11) is 0. The van der Waals surface area contributed by atoms with Crippen LogP contribution in [-0.4, -0.2) is 58.5 Å². The van der Waals surface area contributed by atoms with Crippen molar-refractivity contribution in [1.29, 1.82) is 0 Å². The molecule has 1 amide bonds. The monoisotopic (exact) mass is 493 g/mol. The molecule has 1 aromatic heterocycles. The second-order valence-corrected chi connectivity index (χ2v) is 9.93. The zero-order valence-electron chi connectivity index (χ0n) is 20.4. The number of nitrogens with one attached hydrogen (secondary N) is 1. The van der Waals surface area contributed by atoms with E-state index < -0.39 is 0 Å². The van der Waals surface area contributed by atoms with Gasteiger partial charge in [-0.1, -0.05) is 37.7 Å². The Bertz CT molecular complexity index is 1170. The largest absolute Gasteiger partial charge is 0.378 e. The molecule has 2 aromatic carbocycles. The predicted octanol–water partition coefficient (Wildman–Crippen LogP) is 4.37. The molecular formula is C26H31N5O3S. The lowest BCUT2D eigenvalue weighted by atomic mass is 10.1. The minimum atomic E-state index is -0.0267. The summed E-state index contributed by atoms with van der Waals surface area (Å²) in [5, 5.41) is 12.4. The van der Waals surface area contributed by atoms with E-state index in [4.69, 9.17) is 4.74 Å². The Morgan fingerprint density at radius 2 is 1.83 bits per heavy atom. The molecule has 1 saturated heterocycles. The standard InChI is InChI=1S/C26H31N5O3S/c1-18(2)15-24(33)27-21-9-7-20(8-10-21)23(32)17-35-26-29-28-25(30-11-13-34-14-12-30)31(26)22-6-4-5-19(3)16-22/h4-10,16,18H,11-15,17H2,1-3H3,(H,27,33). The van der Waals surface area contributed by atoms with Gasteiger partial charge in [-0.15, -0.1) is 10.2 Å². The van der Waals surface area contributed by atoms with Gasteiger partial charge in [0.15, 0.2) is 10.9 Å².